The summed E-state index contributed by atoms with van der Waals surface area (Å²) in [7, 11) is 0. The van der Waals surface area contributed by atoms with Gasteiger partial charge in [-0.25, -0.2) is 0 Å². The molecule has 0 spiro atoms. The smallest absolute Gasteiger partial charge is 0.0146 e. The van der Waals surface area contributed by atoms with Crippen molar-refractivity contribution in [3.63, 3.8) is 0 Å². The van der Waals surface area contributed by atoms with Gasteiger partial charge < -0.3 is 4.90 Å². The van der Waals surface area contributed by atoms with Gasteiger partial charge in [0.1, 0.15) is 0 Å². The van der Waals surface area contributed by atoms with Gasteiger partial charge in [0.05, 0.1) is 0 Å². The van der Waals surface area contributed by atoms with E-state index in [0.29, 0.717) is 4.83 Å². The lowest BCUT2D eigenvalue weighted by molar-refractivity contribution is 0.180. The van der Waals surface area contributed by atoms with Crippen molar-refractivity contribution >= 4 is 15.9 Å². The maximum Gasteiger partial charge on any atom is 0.0146 e. The number of piperidine rings is 1. The normalized spacial score (nSPS) is 22.2. The van der Waals surface area contributed by atoms with Gasteiger partial charge in [-0.2, -0.15) is 0 Å². The highest BCUT2D eigenvalue weighted by atomic mass is 79.9. The summed E-state index contributed by atoms with van der Waals surface area (Å²) < 4.78 is 0. The predicted molar refractivity (Wildman–Crippen MR) is 71.6 cm³/mol. The summed E-state index contributed by atoms with van der Waals surface area (Å²) in [5.74, 6) is 1.77. The lowest BCUT2D eigenvalue weighted by Gasteiger charge is -2.33. The van der Waals surface area contributed by atoms with Gasteiger partial charge in [0.2, 0.25) is 0 Å². The molecule has 0 amide bonds. The minimum Gasteiger partial charge on any atom is -0.303 e. The molecule has 1 rings (SSSR count). The number of rotatable bonds is 5. The Kier molecular flexibility index (Phi) is 6.21. The summed E-state index contributed by atoms with van der Waals surface area (Å²) >= 11 is 3.71. The maximum atomic E-state index is 3.71. The van der Waals surface area contributed by atoms with Crippen LogP contribution in [-0.4, -0.2) is 29.4 Å². The molecule has 1 nitrogen and oxygen atoms in total. The first-order valence-electron chi connectivity index (χ1n) is 6.46. The molecule has 1 aliphatic rings. The number of nitrogens with zero attached hydrogens (tertiary/aromatic N) is 1. The molecule has 0 aromatic rings. The molecule has 0 saturated carbocycles. The van der Waals surface area contributed by atoms with Crippen LogP contribution in [0.25, 0.3) is 0 Å². The second-order valence-corrected chi connectivity index (χ2v) is 6.84. The largest absolute Gasteiger partial charge is 0.303 e. The summed E-state index contributed by atoms with van der Waals surface area (Å²) in [5, 5.41) is 0. The van der Waals surface area contributed by atoms with Crippen molar-refractivity contribution in [1.29, 1.82) is 0 Å². The Morgan fingerprint density at radius 2 is 1.80 bits per heavy atom. The van der Waals surface area contributed by atoms with Gasteiger partial charge in [-0.05, 0) is 57.2 Å². The van der Waals surface area contributed by atoms with E-state index in [0.717, 1.165) is 11.8 Å². The fraction of sp³-hybridized carbons (Fsp3) is 1.00. The molecule has 90 valence electrons. The molecule has 0 aromatic carbocycles. The van der Waals surface area contributed by atoms with Crippen LogP contribution in [-0.2, 0) is 0 Å². The van der Waals surface area contributed by atoms with E-state index < -0.39 is 0 Å². The Hall–Kier alpha value is 0.440. The van der Waals surface area contributed by atoms with Crippen LogP contribution in [0.5, 0.6) is 0 Å². The fourth-order valence-corrected chi connectivity index (χ4v) is 2.89. The lowest BCUT2D eigenvalue weighted by atomic mass is 9.94. The molecule has 0 aliphatic carbocycles. The quantitative estimate of drug-likeness (QED) is 0.688. The number of hydrogen-bond acceptors (Lipinski definition) is 1. The first-order chi connectivity index (χ1) is 7.09. The molecule has 0 N–H and O–H groups in total. The zero-order chi connectivity index (χ0) is 11.3. The van der Waals surface area contributed by atoms with Gasteiger partial charge in [-0.3, -0.25) is 0 Å². The molecule has 0 aromatic heterocycles. The number of hydrogen-bond donors (Lipinski definition) is 0. The van der Waals surface area contributed by atoms with Crippen LogP contribution in [0.1, 0.15) is 46.5 Å². The van der Waals surface area contributed by atoms with E-state index in [-0.39, 0.29) is 0 Å². The number of likely N-dealkylation sites (tertiary alicyclic amines) is 1. The SMILES string of the molecule is CC(C)CCCN1CCC(C(C)Br)CC1. The highest BCUT2D eigenvalue weighted by Crippen LogP contribution is 2.25. The molecule has 1 heterocycles. The van der Waals surface area contributed by atoms with Crippen LogP contribution >= 0.6 is 15.9 Å². The summed E-state index contributed by atoms with van der Waals surface area (Å²) in [6, 6.07) is 0. The summed E-state index contributed by atoms with van der Waals surface area (Å²) in [4.78, 5) is 3.35. The highest BCUT2D eigenvalue weighted by Gasteiger charge is 2.21. The topological polar surface area (TPSA) is 3.24 Å². The summed E-state index contributed by atoms with van der Waals surface area (Å²) in [6.07, 6.45) is 5.53. The fourth-order valence-electron chi connectivity index (χ4n) is 2.36. The molecule has 15 heavy (non-hydrogen) atoms. The van der Waals surface area contributed by atoms with E-state index in [1.165, 1.54) is 45.3 Å². The first-order valence-corrected chi connectivity index (χ1v) is 7.37. The van der Waals surface area contributed by atoms with Crippen LogP contribution in [0.15, 0.2) is 0 Å². The van der Waals surface area contributed by atoms with Crippen molar-refractivity contribution in [1.82, 2.24) is 4.90 Å². The van der Waals surface area contributed by atoms with E-state index in [1.807, 2.05) is 0 Å². The molecular weight excluding hydrogens is 250 g/mol. The Balaban J connectivity index is 2.09. The molecular formula is C13H26BrN. The summed E-state index contributed by atoms with van der Waals surface area (Å²) in [6.45, 7) is 10.9. The Labute approximate surface area is 104 Å². The third-order valence-electron chi connectivity index (χ3n) is 3.54. The zero-order valence-electron chi connectivity index (χ0n) is 10.5. The van der Waals surface area contributed by atoms with E-state index in [9.17, 15) is 0 Å². The Morgan fingerprint density at radius 3 is 2.27 bits per heavy atom. The average Bonchev–Trinajstić information content (AvgIpc) is 2.18. The van der Waals surface area contributed by atoms with Crippen molar-refractivity contribution < 1.29 is 0 Å². The second kappa shape index (κ2) is 6.90. The first kappa shape index (κ1) is 13.5. The third-order valence-corrected chi connectivity index (χ3v) is 4.29. The average molecular weight is 276 g/mol. The highest BCUT2D eigenvalue weighted by molar-refractivity contribution is 9.09. The van der Waals surface area contributed by atoms with Crippen LogP contribution in [0, 0.1) is 11.8 Å². The lowest BCUT2D eigenvalue weighted by Crippen LogP contribution is -2.36. The zero-order valence-corrected chi connectivity index (χ0v) is 12.1. The van der Waals surface area contributed by atoms with E-state index >= 15 is 0 Å². The third kappa shape index (κ3) is 5.35. The molecule has 1 fully saturated rings. The molecule has 2 heteroatoms. The van der Waals surface area contributed by atoms with Crippen LogP contribution < -0.4 is 0 Å². The maximum absolute atomic E-state index is 3.71. The molecule has 1 saturated heterocycles. The van der Waals surface area contributed by atoms with E-state index in [4.69, 9.17) is 0 Å². The minimum absolute atomic E-state index is 0.704. The van der Waals surface area contributed by atoms with Gasteiger partial charge in [-0.15, -0.1) is 0 Å². The minimum atomic E-state index is 0.704. The second-order valence-electron chi connectivity index (χ2n) is 5.39. The van der Waals surface area contributed by atoms with Gasteiger partial charge in [0, 0.05) is 4.83 Å². The van der Waals surface area contributed by atoms with Crippen molar-refractivity contribution in [3.8, 4) is 0 Å². The predicted octanol–water partition coefficient (Wildman–Crippen LogP) is 3.92. The van der Waals surface area contributed by atoms with Gasteiger partial charge >= 0.3 is 0 Å². The van der Waals surface area contributed by atoms with E-state index in [1.54, 1.807) is 0 Å². The standard InChI is InChI=1S/C13H26BrN/c1-11(2)5-4-8-15-9-6-13(7-10-15)12(3)14/h11-13H,4-10H2,1-3H3. The molecule has 0 bridgehead atoms. The molecule has 0 radical (unpaired) electrons. The van der Waals surface area contributed by atoms with Crippen molar-refractivity contribution in [2.75, 3.05) is 19.6 Å². The summed E-state index contributed by atoms with van der Waals surface area (Å²) in [5.41, 5.74) is 0. The van der Waals surface area contributed by atoms with Crippen LogP contribution in [0.4, 0.5) is 0 Å². The molecule has 1 unspecified atom stereocenters. The molecule has 1 atom stereocenters. The van der Waals surface area contributed by atoms with Crippen molar-refractivity contribution in [3.05, 3.63) is 0 Å². The Bertz CT molecular complexity index is 157. The van der Waals surface area contributed by atoms with E-state index in [2.05, 4.69) is 41.6 Å². The van der Waals surface area contributed by atoms with Crippen molar-refractivity contribution in [2.24, 2.45) is 11.8 Å². The monoisotopic (exact) mass is 275 g/mol. The van der Waals surface area contributed by atoms with Crippen LogP contribution in [0.2, 0.25) is 0 Å². The number of halogens is 1. The van der Waals surface area contributed by atoms with Crippen molar-refractivity contribution in [2.45, 2.75) is 51.3 Å². The van der Waals surface area contributed by atoms with Crippen LogP contribution in [0.3, 0.4) is 0 Å². The van der Waals surface area contributed by atoms with Gasteiger partial charge in [-0.1, -0.05) is 36.7 Å². The van der Waals surface area contributed by atoms with Gasteiger partial charge in [0.25, 0.3) is 0 Å². The van der Waals surface area contributed by atoms with Gasteiger partial charge in [0.15, 0.2) is 0 Å². The Morgan fingerprint density at radius 1 is 1.20 bits per heavy atom. The molecule has 1 aliphatic heterocycles. The number of alkyl halides is 1.